The van der Waals surface area contributed by atoms with Gasteiger partial charge in [-0.2, -0.15) is 5.26 Å². The Morgan fingerprint density at radius 3 is 2.66 bits per heavy atom. The molecule has 0 bridgehead atoms. The number of ether oxygens (including phenoxy) is 2. The van der Waals surface area contributed by atoms with Crippen LogP contribution in [0.3, 0.4) is 0 Å². The molecule has 2 aromatic carbocycles. The molecule has 9 nitrogen and oxygen atoms in total. The van der Waals surface area contributed by atoms with E-state index in [0.717, 1.165) is 17.8 Å². The average Bonchev–Trinajstić information content (AvgIpc) is 2.94. The standard InChI is InChI=1S/C31H33FN6O3/c1-5-40-29-16-26-23(15-27(29)36-30(39)9-7-13-38(3)4)31(21(17-33)18-35-26)37-25-11-10-22(14-24(25)32)41-19-28-20(2)8-6-12-34-28/h6,8,10-12,14-16,18H,5,7,9,13,19H2,1-4H3,(H,35,37)(H,36,39). The second kappa shape index (κ2) is 13.5. The van der Waals surface area contributed by atoms with Crippen LogP contribution >= 0.6 is 0 Å². The second-order valence-corrected chi connectivity index (χ2v) is 9.73. The first-order chi connectivity index (χ1) is 19.8. The van der Waals surface area contributed by atoms with E-state index in [9.17, 15) is 10.1 Å². The molecule has 212 valence electrons. The van der Waals surface area contributed by atoms with Crippen molar-refractivity contribution in [2.24, 2.45) is 0 Å². The molecule has 2 aromatic heterocycles. The molecule has 2 heterocycles. The van der Waals surface area contributed by atoms with Gasteiger partial charge in [-0.15, -0.1) is 0 Å². The molecular formula is C31H33FN6O3. The van der Waals surface area contributed by atoms with Crippen LogP contribution in [0.25, 0.3) is 10.9 Å². The number of nitrogens with one attached hydrogen (secondary N) is 2. The summed E-state index contributed by atoms with van der Waals surface area (Å²) in [6.45, 7) is 5.16. The second-order valence-electron chi connectivity index (χ2n) is 9.73. The van der Waals surface area contributed by atoms with E-state index in [0.29, 0.717) is 53.2 Å². The summed E-state index contributed by atoms with van der Waals surface area (Å²) in [5.41, 5.74) is 3.45. The largest absolute Gasteiger partial charge is 0.492 e. The summed E-state index contributed by atoms with van der Waals surface area (Å²) in [7, 11) is 3.91. The number of halogens is 1. The highest BCUT2D eigenvalue weighted by Crippen LogP contribution is 2.37. The summed E-state index contributed by atoms with van der Waals surface area (Å²) in [5, 5.41) is 16.3. The lowest BCUT2D eigenvalue weighted by molar-refractivity contribution is -0.116. The van der Waals surface area contributed by atoms with E-state index in [1.54, 1.807) is 30.5 Å². The van der Waals surface area contributed by atoms with Gasteiger partial charge in [-0.25, -0.2) is 4.39 Å². The summed E-state index contributed by atoms with van der Waals surface area (Å²) in [6, 6.07) is 13.8. The average molecular weight is 557 g/mol. The Bertz CT molecular complexity index is 1580. The molecule has 41 heavy (non-hydrogen) atoms. The van der Waals surface area contributed by atoms with Gasteiger partial charge in [0, 0.05) is 36.3 Å². The first kappa shape index (κ1) is 29.2. The highest BCUT2D eigenvalue weighted by molar-refractivity contribution is 6.02. The number of aromatic nitrogens is 2. The lowest BCUT2D eigenvalue weighted by Crippen LogP contribution is -2.17. The van der Waals surface area contributed by atoms with Crippen LogP contribution in [0.2, 0.25) is 0 Å². The molecule has 1 amide bonds. The van der Waals surface area contributed by atoms with E-state index >= 15 is 4.39 Å². The van der Waals surface area contributed by atoms with Crippen molar-refractivity contribution in [3.05, 3.63) is 77.5 Å². The van der Waals surface area contributed by atoms with Crippen molar-refractivity contribution >= 4 is 33.9 Å². The number of benzene rings is 2. The number of amides is 1. The first-order valence-electron chi connectivity index (χ1n) is 13.3. The molecule has 4 rings (SSSR count). The number of aryl methyl sites for hydroxylation is 1. The summed E-state index contributed by atoms with van der Waals surface area (Å²) in [4.78, 5) is 23.4. The number of hydrogen-bond donors (Lipinski definition) is 2. The monoisotopic (exact) mass is 556 g/mol. The van der Waals surface area contributed by atoms with Gasteiger partial charge in [-0.3, -0.25) is 14.8 Å². The Labute approximate surface area is 238 Å². The summed E-state index contributed by atoms with van der Waals surface area (Å²) >= 11 is 0. The van der Waals surface area contributed by atoms with Crippen LogP contribution in [0.1, 0.15) is 36.6 Å². The normalized spacial score (nSPS) is 10.9. The predicted molar refractivity (Wildman–Crippen MR) is 157 cm³/mol. The van der Waals surface area contributed by atoms with Crippen LogP contribution in [0.5, 0.6) is 11.5 Å². The zero-order valence-electron chi connectivity index (χ0n) is 23.6. The fourth-order valence-electron chi connectivity index (χ4n) is 4.22. The van der Waals surface area contributed by atoms with Crippen molar-refractivity contribution in [2.45, 2.75) is 33.3 Å². The smallest absolute Gasteiger partial charge is 0.224 e. The Morgan fingerprint density at radius 1 is 1.12 bits per heavy atom. The fourth-order valence-corrected chi connectivity index (χ4v) is 4.22. The molecule has 0 unspecified atom stereocenters. The van der Waals surface area contributed by atoms with E-state index in [2.05, 4.69) is 26.7 Å². The number of nitriles is 1. The van der Waals surface area contributed by atoms with Gasteiger partial charge in [0.1, 0.15) is 30.0 Å². The van der Waals surface area contributed by atoms with Crippen molar-refractivity contribution in [3.8, 4) is 17.6 Å². The molecule has 0 atom stereocenters. The third-order valence-electron chi connectivity index (χ3n) is 6.37. The lowest BCUT2D eigenvalue weighted by Gasteiger charge is -2.17. The SMILES string of the molecule is CCOc1cc2ncc(C#N)c(Nc3ccc(OCc4ncccc4C)cc3F)c2cc1NC(=O)CCCN(C)C. The Balaban J connectivity index is 1.62. The van der Waals surface area contributed by atoms with Crippen LogP contribution in [0.4, 0.5) is 21.5 Å². The van der Waals surface area contributed by atoms with Crippen molar-refractivity contribution in [1.82, 2.24) is 14.9 Å². The van der Waals surface area contributed by atoms with E-state index in [-0.39, 0.29) is 23.8 Å². The third kappa shape index (κ3) is 7.47. The number of fused-ring (bicyclic) bond motifs is 1. The van der Waals surface area contributed by atoms with E-state index in [1.807, 2.05) is 45.0 Å². The van der Waals surface area contributed by atoms with Crippen molar-refractivity contribution in [3.63, 3.8) is 0 Å². The third-order valence-corrected chi connectivity index (χ3v) is 6.37. The van der Waals surface area contributed by atoms with Gasteiger partial charge in [0.15, 0.2) is 0 Å². The van der Waals surface area contributed by atoms with Gasteiger partial charge in [-0.1, -0.05) is 6.07 Å². The molecule has 0 spiro atoms. The maximum Gasteiger partial charge on any atom is 0.224 e. The van der Waals surface area contributed by atoms with Gasteiger partial charge in [-0.05, 0) is 70.7 Å². The summed E-state index contributed by atoms with van der Waals surface area (Å²) in [6.07, 6.45) is 4.14. The molecule has 0 aliphatic rings. The molecule has 0 saturated heterocycles. The summed E-state index contributed by atoms with van der Waals surface area (Å²) in [5.74, 6) is 0.0850. The molecule has 4 aromatic rings. The van der Waals surface area contributed by atoms with E-state index in [4.69, 9.17) is 9.47 Å². The number of carbonyl (C=O) groups excluding carboxylic acids is 1. The zero-order chi connectivity index (χ0) is 29.4. The van der Waals surface area contributed by atoms with E-state index in [1.165, 1.54) is 12.3 Å². The zero-order valence-corrected chi connectivity index (χ0v) is 23.6. The number of hydrogen-bond acceptors (Lipinski definition) is 8. The van der Waals surface area contributed by atoms with Crippen LogP contribution < -0.4 is 20.1 Å². The van der Waals surface area contributed by atoms with Gasteiger partial charge in [0.25, 0.3) is 0 Å². The molecular weight excluding hydrogens is 523 g/mol. The first-order valence-corrected chi connectivity index (χ1v) is 13.3. The maximum absolute atomic E-state index is 15.2. The van der Waals surface area contributed by atoms with Crippen molar-refractivity contribution in [1.29, 1.82) is 5.26 Å². The minimum absolute atomic E-state index is 0.151. The number of anilines is 3. The van der Waals surface area contributed by atoms with E-state index < -0.39 is 5.82 Å². The van der Waals surface area contributed by atoms with Crippen LogP contribution in [-0.4, -0.2) is 48.0 Å². The van der Waals surface area contributed by atoms with Crippen LogP contribution in [0.15, 0.2) is 54.9 Å². The number of carbonyl (C=O) groups is 1. The van der Waals surface area contributed by atoms with Crippen LogP contribution in [-0.2, 0) is 11.4 Å². The Hall–Kier alpha value is -4.75. The summed E-state index contributed by atoms with van der Waals surface area (Å²) < 4.78 is 26.8. The fraction of sp³-hybridized carbons (Fsp3) is 0.290. The number of pyridine rings is 2. The quantitative estimate of drug-likeness (QED) is 0.220. The maximum atomic E-state index is 15.2. The molecule has 0 aliphatic carbocycles. The predicted octanol–water partition coefficient (Wildman–Crippen LogP) is 5.95. The molecule has 2 N–H and O–H groups in total. The van der Waals surface area contributed by atoms with Crippen molar-refractivity contribution < 1.29 is 18.7 Å². The van der Waals surface area contributed by atoms with Gasteiger partial charge in [0.2, 0.25) is 5.91 Å². The van der Waals surface area contributed by atoms with Crippen molar-refractivity contribution in [2.75, 3.05) is 37.9 Å². The molecule has 0 saturated carbocycles. The topological polar surface area (TPSA) is 112 Å². The molecule has 0 radical (unpaired) electrons. The minimum Gasteiger partial charge on any atom is -0.492 e. The molecule has 0 fully saturated rings. The van der Waals surface area contributed by atoms with Gasteiger partial charge >= 0.3 is 0 Å². The molecule has 0 aliphatic heterocycles. The Morgan fingerprint density at radius 2 is 1.95 bits per heavy atom. The minimum atomic E-state index is -0.561. The highest BCUT2D eigenvalue weighted by Gasteiger charge is 2.17. The highest BCUT2D eigenvalue weighted by atomic mass is 19.1. The number of rotatable bonds is 12. The van der Waals surface area contributed by atoms with Gasteiger partial charge in [0.05, 0.1) is 40.4 Å². The van der Waals surface area contributed by atoms with Gasteiger partial charge < -0.3 is 25.0 Å². The molecule has 10 heteroatoms. The van der Waals surface area contributed by atoms with Crippen LogP contribution in [0, 0.1) is 24.1 Å². The lowest BCUT2D eigenvalue weighted by atomic mass is 10.1. The number of nitrogens with zero attached hydrogens (tertiary/aromatic N) is 4. The Kier molecular flexibility index (Phi) is 9.66.